The highest BCUT2D eigenvalue weighted by Crippen LogP contribution is 2.44. The number of benzene rings is 8. The Morgan fingerprint density at radius 1 is 0.422 bits per heavy atom. The number of hydrogen-bond acceptors (Lipinski definition) is 24. The molecule has 0 radical (unpaired) electrons. The maximum Gasteiger partial charge on any atom is 0.335 e. The van der Waals surface area contributed by atoms with E-state index in [4.69, 9.17) is 38.9 Å². The molecule has 0 aliphatic carbocycles. The van der Waals surface area contributed by atoms with Gasteiger partial charge in [-0.3, -0.25) is 93.2 Å². The lowest BCUT2D eigenvalue weighted by Crippen LogP contribution is -2.46. The van der Waals surface area contributed by atoms with Gasteiger partial charge in [0.05, 0.1) is 59.9 Å². The number of furan rings is 1. The van der Waals surface area contributed by atoms with Crippen LogP contribution in [0.25, 0.3) is 11.0 Å². The fourth-order valence-corrected chi connectivity index (χ4v) is 17.9. The molecule has 5 saturated heterocycles. The average Bonchev–Trinajstić information content (AvgIpc) is 1.58. The van der Waals surface area contributed by atoms with Gasteiger partial charge in [0.25, 0.3) is 35.4 Å². The second kappa shape index (κ2) is 34.7. The van der Waals surface area contributed by atoms with Crippen molar-refractivity contribution in [2.75, 3.05) is 87.2 Å². The van der Waals surface area contributed by atoms with Crippen LogP contribution >= 0.6 is 0 Å². The van der Waals surface area contributed by atoms with Crippen molar-refractivity contribution in [1.29, 1.82) is 0 Å². The van der Waals surface area contributed by atoms with Crippen molar-refractivity contribution >= 4 is 116 Å². The maximum atomic E-state index is 13.1. The van der Waals surface area contributed by atoms with E-state index in [0.29, 0.717) is 130 Å². The van der Waals surface area contributed by atoms with Gasteiger partial charge in [-0.25, -0.2) is 17.9 Å². The minimum absolute atomic E-state index is 0.00677. The first-order chi connectivity index (χ1) is 61.1. The molecular formula is C91H83N11O25S. The van der Waals surface area contributed by atoms with Gasteiger partial charge in [-0.15, -0.1) is 0 Å². The Kier molecular flexibility index (Phi) is 23.7. The van der Waals surface area contributed by atoms with Crippen molar-refractivity contribution in [3.63, 3.8) is 0 Å². The van der Waals surface area contributed by atoms with E-state index in [9.17, 15) is 85.1 Å². The highest BCUT2D eigenvalue weighted by Gasteiger charge is 2.56. The largest absolute Gasteiger partial charge is 0.497 e. The fraction of sp³-hybridized carbons (Fsp3) is 0.275. The van der Waals surface area contributed by atoms with Crippen molar-refractivity contribution in [3.05, 3.63) is 259 Å². The molecule has 8 aromatic carbocycles. The minimum Gasteiger partial charge on any atom is -0.497 e. The molecule has 9 aromatic rings. The summed E-state index contributed by atoms with van der Waals surface area (Å²) < 4.78 is 56.6. The molecule has 4 atom stereocenters. The van der Waals surface area contributed by atoms with Crippen LogP contribution in [0.1, 0.15) is 153 Å². The predicted molar refractivity (Wildman–Crippen MR) is 449 cm³/mol. The normalized spacial score (nSPS) is 20.7. The topological polar surface area (TPSA) is 489 Å². The van der Waals surface area contributed by atoms with Crippen LogP contribution in [0.3, 0.4) is 0 Å². The molecule has 658 valence electrons. The van der Waals surface area contributed by atoms with E-state index in [1.54, 1.807) is 113 Å². The van der Waals surface area contributed by atoms with Gasteiger partial charge in [-0.05, 0) is 148 Å². The minimum atomic E-state index is -3.74. The summed E-state index contributed by atoms with van der Waals surface area (Å²) in [5.41, 5.74) is 8.31. The molecule has 15 amide bonds. The zero-order valence-corrected chi connectivity index (χ0v) is 70.3. The van der Waals surface area contributed by atoms with E-state index < -0.39 is 90.8 Å². The number of imide groups is 4. The van der Waals surface area contributed by atoms with E-state index in [-0.39, 0.29) is 111 Å². The molecule has 37 heteroatoms. The molecule has 0 unspecified atom stereocenters. The Bertz CT molecular complexity index is 6350. The molecule has 9 aliphatic rings. The van der Waals surface area contributed by atoms with Gasteiger partial charge in [0.15, 0.2) is 0 Å². The fourth-order valence-electron chi connectivity index (χ4n) is 17.4. The first-order valence-electron chi connectivity index (χ1n) is 40.1. The van der Waals surface area contributed by atoms with Crippen LogP contribution in [0, 0.1) is 0 Å². The van der Waals surface area contributed by atoms with Gasteiger partial charge in [-0.1, -0.05) is 60.7 Å². The summed E-state index contributed by atoms with van der Waals surface area (Å²) in [6.07, 6.45) is 0.374. The summed E-state index contributed by atoms with van der Waals surface area (Å²) in [6.45, 7) is 3.28. The molecular weight excluding hydrogens is 1680 g/mol. The summed E-state index contributed by atoms with van der Waals surface area (Å²) >= 11 is 0. The van der Waals surface area contributed by atoms with E-state index in [1.165, 1.54) is 97.7 Å². The molecule has 9 aliphatic heterocycles. The summed E-state index contributed by atoms with van der Waals surface area (Å²) in [6, 6.07) is 45.6. The van der Waals surface area contributed by atoms with Crippen LogP contribution in [0.2, 0.25) is 0 Å². The lowest BCUT2D eigenvalue weighted by Gasteiger charge is -2.31. The Morgan fingerprint density at radius 3 is 1.05 bits per heavy atom. The third kappa shape index (κ3) is 16.9. The number of rotatable bonds is 21. The smallest absolute Gasteiger partial charge is 0.335 e. The number of carboxylic acids is 1. The lowest BCUT2D eigenvalue weighted by molar-refractivity contribution is -0.128. The number of nitrogens with one attached hydrogen (secondary N) is 5. The number of primary amides is 1. The zero-order valence-electron chi connectivity index (χ0n) is 69.4. The monoisotopic (exact) mass is 1760 g/mol. The van der Waals surface area contributed by atoms with Gasteiger partial charge < -0.3 is 63.4 Å². The van der Waals surface area contributed by atoms with Crippen molar-refractivity contribution in [3.8, 4) is 23.0 Å². The van der Waals surface area contributed by atoms with E-state index in [0.717, 1.165) is 28.5 Å². The number of hydrogen-bond donors (Lipinski definition) is 7. The molecule has 1 aromatic heterocycles. The predicted octanol–water partition coefficient (Wildman–Crippen LogP) is 4.25. The number of carbonyl (C=O) groups excluding carboxylic acids is 15. The molecule has 0 bridgehead atoms. The SMILES string of the molecule is COc1ccc2c(c1)C(=O)N(C[C@@]1(c3cc4cc(C(N)=O)ccc4o3)CC(=O)NC1=O)C2.COc1ccc2c(c1)C(=O)N(C[C@@]1(c3ccc(C(=O)N4CCOCC4)cc3)CC(=O)NC1=O)C2.COc1ccc2c(c1)C(=O)N(C[C@@]1(c3ccc(C(=O)NS(C)(=O)=O)cc3)CC(=O)NC1=O)C2.COc1ccc2c(c1)C(=O)N(C[C@@]1(c3ccc(C(=O)O)cc3)CC(=O)NC1=O)C2. The summed E-state index contributed by atoms with van der Waals surface area (Å²) in [4.78, 5) is 208. The first kappa shape index (κ1) is 87.6. The standard InChI is InChI=1S/C25H25N3O6.C23H19N3O6.C22H21N3O7S.C21H18N2O6/c1-33-19-7-4-17-14-28(23(31)20(17)12-19)15-25(13-21(29)26-24(25)32)18-5-2-16(3-6-18)22(30)27-8-10-34-11-9-27;1-31-15-4-2-13-10-26(21(29)16(13)8-15)11-23(9-19(27)25-22(23)30)18-7-14-6-12(20(24)28)3-5-17(14)32-18;1-32-16-8-5-14-11-25(20(28)17(14)9-16)12-22(10-18(26)23-21(22)29)15-6-3-13(4-7-15)19(27)24-33(2,30)31;1-29-15-7-4-13-10-23(18(25)16(13)8-15)11-21(9-17(24)22-20(21)28)14-5-2-12(3-6-14)19(26)27/h2-7,12H,8-11,13-15H2,1H3,(H,26,29,32);2-8H,9-11H2,1H3,(H2,24,28)(H,25,27,30);3-9H,10-12H2,1-2H3,(H,24,27)(H,23,26,29);2-8H,9-11H2,1H3,(H,26,27)(H,22,24,28)/t25-;23-;22-;21-/m1111/s1. The average molecular weight is 1760 g/mol. The van der Waals surface area contributed by atoms with E-state index in [2.05, 4.69) is 21.3 Å². The van der Waals surface area contributed by atoms with Crippen LogP contribution in [0.5, 0.6) is 23.0 Å². The number of carbonyl (C=O) groups is 16. The molecule has 36 nitrogen and oxygen atoms in total. The number of methoxy groups -OCH3 is 4. The van der Waals surface area contributed by atoms with Crippen molar-refractivity contribution in [2.45, 2.75) is 73.5 Å². The second-order valence-corrected chi connectivity index (χ2v) is 33.9. The Morgan fingerprint density at radius 2 is 0.742 bits per heavy atom. The third-order valence-corrected chi connectivity index (χ3v) is 24.7. The number of aromatic carboxylic acids is 1. The van der Waals surface area contributed by atoms with E-state index in [1.807, 2.05) is 16.9 Å². The number of ether oxygens (including phenoxy) is 5. The molecule has 128 heavy (non-hydrogen) atoms. The van der Waals surface area contributed by atoms with Crippen LogP contribution in [0.15, 0.2) is 174 Å². The number of sulfonamides is 1. The Hall–Kier alpha value is -15.3. The number of fused-ring (bicyclic) bond motifs is 5. The zero-order chi connectivity index (χ0) is 91.2. The van der Waals surface area contributed by atoms with Crippen LogP contribution < -0.4 is 50.7 Å². The summed E-state index contributed by atoms with van der Waals surface area (Å²) in [5, 5.41) is 19.0. The summed E-state index contributed by atoms with van der Waals surface area (Å²) in [5.74, 6) is -4.81. The van der Waals surface area contributed by atoms with Gasteiger partial charge >= 0.3 is 5.97 Å². The molecule has 0 spiro atoms. The molecule has 8 N–H and O–H groups in total. The molecule has 10 heterocycles. The number of nitrogens with zero attached hydrogens (tertiary/aromatic N) is 5. The van der Waals surface area contributed by atoms with Gasteiger partial charge in [-0.2, -0.15) is 0 Å². The molecule has 0 saturated carbocycles. The molecule has 5 fully saturated rings. The van der Waals surface area contributed by atoms with Crippen molar-refractivity contribution in [2.24, 2.45) is 5.73 Å². The van der Waals surface area contributed by atoms with Crippen LogP contribution in [-0.2, 0) is 101 Å². The van der Waals surface area contributed by atoms with E-state index >= 15 is 0 Å². The highest BCUT2D eigenvalue weighted by atomic mass is 32.2. The molecule has 18 rings (SSSR count). The summed E-state index contributed by atoms with van der Waals surface area (Å²) in [7, 11) is 2.34. The number of nitrogens with two attached hydrogens (primary N) is 1. The third-order valence-electron chi connectivity index (χ3n) is 24.1. The Labute approximate surface area is 729 Å². The second-order valence-electron chi connectivity index (χ2n) is 32.2. The lowest BCUT2D eigenvalue weighted by atomic mass is 9.78. The van der Waals surface area contributed by atoms with Crippen molar-refractivity contribution in [1.82, 2.24) is 50.5 Å². The maximum absolute atomic E-state index is 13.1. The van der Waals surface area contributed by atoms with Crippen LogP contribution in [0.4, 0.5) is 0 Å². The van der Waals surface area contributed by atoms with Gasteiger partial charge in [0, 0.05) is 129 Å². The quantitative estimate of drug-likeness (QED) is 0.0494. The van der Waals surface area contributed by atoms with Gasteiger partial charge in [0.2, 0.25) is 63.2 Å². The number of morpholine rings is 1. The van der Waals surface area contributed by atoms with Crippen molar-refractivity contribution < 1.29 is 118 Å². The highest BCUT2D eigenvalue weighted by molar-refractivity contribution is 7.89. The number of carboxylic acid groups (broad SMARTS) is 1. The number of amides is 15. The van der Waals surface area contributed by atoms with Gasteiger partial charge in [0.1, 0.15) is 56.0 Å². The first-order valence-corrected chi connectivity index (χ1v) is 42.0. The Balaban J connectivity index is 0.000000131. The van der Waals surface area contributed by atoms with Crippen LogP contribution in [-0.4, -0.2) is 220 Å².